The lowest BCUT2D eigenvalue weighted by Gasteiger charge is -2.36. The van der Waals surface area contributed by atoms with Gasteiger partial charge in [-0.15, -0.1) is 0 Å². The van der Waals surface area contributed by atoms with Crippen molar-refractivity contribution in [2.45, 2.75) is 77.6 Å². The quantitative estimate of drug-likeness (QED) is 0.343. The molecule has 0 saturated carbocycles. The van der Waals surface area contributed by atoms with Gasteiger partial charge in [0.25, 0.3) is 0 Å². The number of aromatic nitrogens is 1. The van der Waals surface area contributed by atoms with Crippen molar-refractivity contribution < 1.29 is 19.0 Å². The first kappa shape index (κ1) is 28.2. The summed E-state index contributed by atoms with van der Waals surface area (Å²) in [5.74, 6) is -0.887. The fourth-order valence-corrected chi connectivity index (χ4v) is 6.69. The second-order valence-electron chi connectivity index (χ2n) is 12.3. The SMILES string of the molecule is CC1(C)COc2cc([C@@H](C(=O)O)C3CCN(CCCCCc4ccc5c(n4)NCCC5)CC3)c(Cl)c(F)c2C1. The van der Waals surface area contributed by atoms with Gasteiger partial charge in [-0.3, -0.25) is 4.79 Å². The van der Waals surface area contributed by atoms with Gasteiger partial charge in [0, 0.05) is 23.2 Å². The monoisotopic (exact) mass is 557 g/mol. The molecule has 0 unspecified atom stereocenters. The van der Waals surface area contributed by atoms with Crippen molar-refractivity contribution in [1.82, 2.24) is 9.88 Å². The molecule has 1 fully saturated rings. The first-order valence-electron chi connectivity index (χ1n) is 14.5. The molecule has 3 aliphatic heterocycles. The Labute approximate surface area is 236 Å². The molecule has 1 atom stereocenters. The van der Waals surface area contributed by atoms with E-state index in [1.807, 2.05) is 13.8 Å². The minimum Gasteiger partial charge on any atom is -0.493 e. The topological polar surface area (TPSA) is 74.7 Å². The van der Waals surface area contributed by atoms with Crippen LogP contribution in [0.5, 0.6) is 5.75 Å². The lowest BCUT2D eigenvalue weighted by molar-refractivity contribution is -0.140. The first-order chi connectivity index (χ1) is 18.7. The summed E-state index contributed by atoms with van der Waals surface area (Å²) in [4.78, 5) is 19.6. The molecule has 3 aliphatic rings. The number of likely N-dealkylation sites (tertiary alicyclic amines) is 1. The molecule has 2 N–H and O–H groups in total. The Morgan fingerprint density at radius 2 is 2.08 bits per heavy atom. The third-order valence-corrected chi connectivity index (χ3v) is 9.02. The van der Waals surface area contributed by atoms with Crippen LogP contribution in [0.2, 0.25) is 5.02 Å². The number of ether oxygens (including phenoxy) is 1. The van der Waals surface area contributed by atoms with E-state index >= 15 is 4.39 Å². The molecule has 0 radical (unpaired) electrons. The first-order valence-corrected chi connectivity index (χ1v) is 14.9. The number of carbonyl (C=O) groups is 1. The number of aryl methyl sites for hydroxylation is 2. The number of rotatable bonds is 9. The average molecular weight is 558 g/mol. The average Bonchev–Trinajstić information content (AvgIpc) is 2.92. The Kier molecular flexibility index (Phi) is 8.67. The maximum Gasteiger partial charge on any atom is 0.311 e. The molecule has 4 heterocycles. The van der Waals surface area contributed by atoms with Crippen LogP contribution in [-0.2, 0) is 24.1 Å². The summed E-state index contributed by atoms with van der Waals surface area (Å²) < 4.78 is 21.2. The number of benzene rings is 1. The van der Waals surface area contributed by atoms with E-state index in [2.05, 4.69) is 22.3 Å². The number of nitrogens with zero attached hydrogens (tertiary/aromatic N) is 2. The molecule has 0 bridgehead atoms. The second-order valence-corrected chi connectivity index (χ2v) is 12.7. The van der Waals surface area contributed by atoms with E-state index in [0.29, 0.717) is 29.9 Å². The maximum atomic E-state index is 15.3. The third-order valence-electron chi connectivity index (χ3n) is 8.63. The Balaban J connectivity index is 1.11. The Bertz CT molecular complexity index is 1200. The highest BCUT2D eigenvalue weighted by molar-refractivity contribution is 6.32. The van der Waals surface area contributed by atoms with Crippen molar-refractivity contribution in [3.05, 3.63) is 51.4 Å². The lowest BCUT2D eigenvalue weighted by atomic mass is 9.78. The fraction of sp³-hybridized carbons (Fsp3) is 0.613. The van der Waals surface area contributed by atoms with Crippen LogP contribution in [0, 0.1) is 17.2 Å². The zero-order valence-electron chi connectivity index (χ0n) is 23.2. The molecule has 8 heteroatoms. The number of hydrogen-bond donors (Lipinski definition) is 2. The molecule has 0 spiro atoms. The molecule has 0 amide bonds. The van der Waals surface area contributed by atoms with E-state index in [4.69, 9.17) is 21.3 Å². The minimum absolute atomic E-state index is 0.0610. The van der Waals surface area contributed by atoms with Crippen molar-refractivity contribution in [2.75, 3.05) is 38.1 Å². The number of pyridine rings is 1. The Hall–Kier alpha value is -2.38. The van der Waals surface area contributed by atoms with Crippen LogP contribution in [0.1, 0.15) is 80.7 Å². The predicted molar refractivity (Wildman–Crippen MR) is 153 cm³/mol. The summed E-state index contributed by atoms with van der Waals surface area (Å²) in [5, 5.41) is 13.5. The van der Waals surface area contributed by atoms with E-state index in [9.17, 15) is 9.90 Å². The van der Waals surface area contributed by atoms with Crippen LogP contribution in [0.4, 0.5) is 10.2 Å². The van der Waals surface area contributed by atoms with Crippen LogP contribution in [0.15, 0.2) is 18.2 Å². The van der Waals surface area contributed by atoms with Crippen LogP contribution >= 0.6 is 11.6 Å². The number of hydrogen-bond acceptors (Lipinski definition) is 5. The molecule has 212 valence electrons. The van der Waals surface area contributed by atoms with Crippen molar-refractivity contribution >= 4 is 23.4 Å². The van der Waals surface area contributed by atoms with Gasteiger partial charge in [-0.2, -0.15) is 0 Å². The number of fused-ring (bicyclic) bond motifs is 2. The zero-order valence-corrected chi connectivity index (χ0v) is 24.0. The van der Waals surface area contributed by atoms with Crippen molar-refractivity contribution in [3.8, 4) is 5.75 Å². The number of piperidine rings is 1. The van der Waals surface area contributed by atoms with Crippen molar-refractivity contribution in [1.29, 1.82) is 0 Å². The van der Waals surface area contributed by atoms with Gasteiger partial charge < -0.3 is 20.1 Å². The standard InChI is InChI=1S/C31H41ClFN3O3/c1-31(2)18-24-25(39-19-31)17-23(27(32)28(24)33)26(30(37)38)20-11-15-36(16-12-20)14-5-3-4-8-22-10-9-21-7-6-13-34-29(21)35-22/h9-10,17,20,26H,3-8,11-16,18-19H2,1-2H3,(H,34,35)(H,37,38)/t26-/m0/s1. The van der Waals surface area contributed by atoms with E-state index in [-0.39, 0.29) is 16.4 Å². The molecule has 1 aromatic heterocycles. The Morgan fingerprint density at radius 1 is 1.28 bits per heavy atom. The molecule has 6 nitrogen and oxygen atoms in total. The molecular formula is C31H41ClFN3O3. The van der Waals surface area contributed by atoms with Gasteiger partial charge in [-0.05, 0) is 100 Å². The largest absolute Gasteiger partial charge is 0.493 e. The smallest absolute Gasteiger partial charge is 0.311 e. The van der Waals surface area contributed by atoms with Gasteiger partial charge in [-0.25, -0.2) is 9.37 Å². The summed E-state index contributed by atoms with van der Waals surface area (Å²) in [6.07, 6.45) is 8.70. The van der Waals surface area contributed by atoms with E-state index in [1.54, 1.807) is 6.07 Å². The lowest BCUT2D eigenvalue weighted by Crippen LogP contribution is -2.38. The number of aliphatic carboxylic acids is 1. The Morgan fingerprint density at radius 3 is 2.85 bits per heavy atom. The highest BCUT2D eigenvalue weighted by atomic mass is 35.5. The number of nitrogens with one attached hydrogen (secondary N) is 1. The molecule has 5 rings (SSSR count). The number of unbranched alkanes of at least 4 members (excludes halogenated alkanes) is 2. The molecule has 2 aromatic rings. The van der Waals surface area contributed by atoms with Crippen molar-refractivity contribution in [2.24, 2.45) is 11.3 Å². The number of carboxylic acids is 1. The second kappa shape index (κ2) is 12.0. The molecule has 1 saturated heterocycles. The fourth-order valence-electron chi connectivity index (χ4n) is 6.41. The minimum atomic E-state index is -0.947. The van der Waals surface area contributed by atoms with Gasteiger partial charge in [0.15, 0.2) is 0 Å². The van der Waals surface area contributed by atoms with E-state index in [0.717, 1.165) is 82.6 Å². The van der Waals surface area contributed by atoms with Crippen LogP contribution in [0.3, 0.4) is 0 Å². The normalized spacial score (nSPS) is 19.9. The highest BCUT2D eigenvalue weighted by Gasteiger charge is 2.38. The van der Waals surface area contributed by atoms with Gasteiger partial charge in [0.2, 0.25) is 0 Å². The van der Waals surface area contributed by atoms with Crippen LogP contribution in [0.25, 0.3) is 0 Å². The number of halogens is 2. The van der Waals surface area contributed by atoms with E-state index < -0.39 is 17.7 Å². The summed E-state index contributed by atoms with van der Waals surface area (Å²) >= 11 is 6.48. The van der Waals surface area contributed by atoms with E-state index in [1.165, 1.54) is 12.0 Å². The van der Waals surface area contributed by atoms with Gasteiger partial charge in [0.05, 0.1) is 17.5 Å². The molecular weight excluding hydrogens is 517 g/mol. The maximum absolute atomic E-state index is 15.3. The van der Waals surface area contributed by atoms with Gasteiger partial charge in [0.1, 0.15) is 17.4 Å². The highest BCUT2D eigenvalue weighted by Crippen LogP contribution is 2.44. The number of anilines is 1. The third kappa shape index (κ3) is 6.51. The number of carboxylic acid groups (broad SMARTS) is 1. The summed E-state index contributed by atoms with van der Waals surface area (Å²) in [5.41, 5.74) is 3.11. The van der Waals surface area contributed by atoms with Gasteiger partial charge >= 0.3 is 5.97 Å². The van der Waals surface area contributed by atoms with Crippen LogP contribution < -0.4 is 10.1 Å². The summed E-state index contributed by atoms with van der Waals surface area (Å²) in [6, 6.07) is 6.08. The molecule has 39 heavy (non-hydrogen) atoms. The van der Waals surface area contributed by atoms with Gasteiger partial charge in [-0.1, -0.05) is 37.9 Å². The van der Waals surface area contributed by atoms with Crippen LogP contribution in [-0.4, -0.2) is 53.7 Å². The predicted octanol–water partition coefficient (Wildman–Crippen LogP) is 6.49. The summed E-state index contributed by atoms with van der Waals surface area (Å²) in [7, 11) is 0. The van der Waals surface area contributed by atoms with Crippen molar-refractivity contribution in [3.63, 3.8) is 0 Å². The summed E-state index contributed by atoms with van der Waals surface area (Å²) in [6.45, 7) is 8.24. The molecule has 1 aromatic carbocycles. The molecule has 0 aliphatic carbocycles. The zero-order chi connectivity index (χ0) is 27.6.